The Morgan fingerprint density at radius 1 is 1.21 bits per heavy atom. The molecule has 0 aliphatic heterocycles. The third kappa shape index (κ3) is 3.75. The van der Waals surface area contributed by atoms with Crippen molar-refractivity contribution in [2.24, 2.45) is 0 Å². The molecule has 0 unspecified atom stereocenters. The van der Waals surface area contributed by atoms with Crippen molar-refractivity contribution in [1.29, 1.82) is 5.26 Å². The van der Waals surface area contributed by atoms with Crippen molar-refractivity contribution < 1.29 is 9.21 Å². The van der Waals surface area contributed by atoms with Crippen molar-refractivity contribution in [3.8, 4) is 6.07 Å². The predicted octanol–water partition coefficient (Wildman–Crippen LogP) is 2.81. The molecule has 0 aliphatic carbocycles. The highest BCUT2D eigenvalue weighted by atomic mass is 16.3. The molecule has 1 aromatic carbocycles. The van der Waals surface area contributed by atoms with Gasteiger partial charge in [-0.05, 0) is 29.8 Å². The van der Waals surface area contributed by atoms with Gasteiger partial charge in [-0.1, -0.05) is 12.1 Å². The zero-order chi connectivity index (χ0) is 16.8. The lowest BCUT2D eigenvalue weighted by molar-refractivity contribution is 0.0996. The molecule has 2 aromatic heterocycles. The third-order valence-electron chi connectivity index (χ3n) is 3.17. The Hall–Kier alpha value is -3.66. The molecule has 3 aromatic rings. The largest absolute Gasteiger partial charge is 0.459 e. The van der Waals surface area contributed by atoms with E-state index in [1.807, 2.05) is 24.3 Å². The molecule has 0 saturated heterocycles. The van der Waals surface area contributed by atoms with Gasteiger partial charge in [-0.2, -0.15) is 5.26 Å². The van der Waals surface area contributed by atoms with Gasteiger partial charge in [0.2, 0.25) is 0 Å². The summed E-state index contributed by atoms with van der Waals surface area (Å²) in [6.07, 6.45) is 4.36. The highest BCUT2D eigenvalue weighted by Gasteiger charge is 2.08. The number of rotatable bonds is 5. The monoisotopic (exact) mass is 319 g/mol. The fraction of sp³-hybridized carbons (Fsp3) is 0.0588. The van der Waals surface area contributed by atoms with Crippen LogP contribution < -0.4 is 10.6 Å². The molecule has 2 heterocycles. The lowest BCUT2D eigenvalue weighted by atomic mass is 10.2. The van der Waals surface area contributed by atoms with Crippen LogP contribution in [-0.4, -0.2) is 15.9 Å². The molecule has 0 spiro atoms. The summed E-state index contributed by atoms with van der Waals surface area (Å²) in [4.78, 5) is 20.0. The smallest absolute Gasteiger partial charge is 0.291 e. The second-order valence-electron chi connectivity index (χ2n) is 4.88. The molecule has 0 saturated carbocycles. The molecular weight excluding hydrogens is 306 g/mol. The van der Waals surface area contributed by atoms with Crippen LogP contribution in [0.15, 0.2) is 59.5 Å². The van der Waals surface area contributed by atoms with Gasteiger partial charge in [-0.3, -0.25) is 4.79 Å². The summed E-state index contributed by atoms with van der Waals surface area (Å²) in [6, 6.07) is 12.6. The minimum absolute atomic E-state index is 0.256. The predicted molar refractivity (Wildman–Crippen MR) is 87.2 cm³/mol. The first kappa shape index (κ1) is 15.2. The Morgan fingerprint density at radius 3 is 2.83 bits per heavy atom. The number of carbonyl (C=O) groups is 1. The van der Waals surface area contributed by atoms with E-state index in [1.165, 1.54) is 18.7 Å². The van der Waals surface area contributed by atoms with E-state index >= 15 is 0 Å². The molecule has 3 rings (SSSR count). The number of nitrogens with one attached hydrogen (secondary N) is 2. The standard InChI is InChI=1S/C17H13N5O2/c18-8-14-10-21-16(11-19-14)20-9-12-3-1-4-13(7-12)22-17(23)15-5-2-6-24-15/h1-7,10-11H,9H2,(H,20,21)(H,22,23). The fourth-order valence-corrected chi connectivity index (χ4v) is 2.03. The number of aromatic nitrogens is 2. The molecule has 1 amide bonds. The van der Waals surface area contributed by atoms with E-state index in [1.54, 1.807) is 18.2 Å². The Balaban J connectivity index is 1.62. The highest BCUT2D eigenvalue weighted by molar-refractivity contribution is 6.02. The molecule has 118 valence electrons. The van der Waals surface area contributed by atoms with Gasteiger partial charge in [0.15, 0.2) is 11.5 Å². The molecule has 2 N–H and O–H groups in total. The van der Waals surface area contributed by atoms with Gasteiger partial charge in [0.05, 0.1) is 18.7 Å². The summed E-state index contributed by atoms with van der Waals surface area (Å²) in [6.45, 7) is 0.505. The highest BCUT2D eigenvalue weighted by Crippen LogP contribution is 2.14. The molecule has 0 atom stereocenters. The van der Waals surface area contributed by atoms with Crippen LogP contribution in [0.5, 0.6) is 0 Å². The number of amides is 1. The van der Waals surface area contributed by atoms with Gasteiger partial charge < -0.3 is 15.1 Å². The molecule has 0 bridgehead atoms. The molecule has 7 nitrogen and oxygen atoms in total. The van der Waals surface area contributed by atoms with Crippen LogP contribution in [-0.2, 0) is 6.54 Å². The lowest BCUT2D eigenvalue weighted by Gasteiger charge is -2.08. The van der Waals surface area contributed by atoms with Crippen LogP contribution in [0.3, 0.4) is 0 Å². The van der Waals surface area contributed by atoms with Crippen LogP contribution in [0.2, 0.25) is 0 Å². The van der Waals surface area contributed by atoms with Crippen molar-refractivity contribution in [2.45, 2.75) is 6.54 Å². The molecule has 0 radical (unpaired) electrons. The Labute approximate surface area is 138 Å². The summed E-state index contributed by atoms with van der Waals surface area (Å²) in [7, 11) is 0. The van der Waals surface area contributed by atoms with E-state index in [0.29, 0.717) is 18.1 Å². The molecular formula is C17H13N5O2. The van der Waals surface area contributed by atoms with Gasteiger partial charge >= 0.3 is 0 Å². The molecule has 7 heteroatoms. The van der Waals surface area contributed by atoms with E-state index in [9.17, 15) is 4.79 Å². The van der Waals surface area contributed by atoms with E-state index < -0.39 is 0 Å². The van der Waals surface area contributed by atoms with E-state index in [4.69, 9.17) is 9.68 Å². The van der Waals surface area contributed by atoms with Crippen molar-refractivity contribution in [1.82, 2.24) is 9.97 Å². The summed E-state index contributed by atoms with van der Waals surface area (Å²) < 4.78 is 5.06. The Bertz CT molecular complexity index is 867. The van der Waals surface area contributed by atoms with E-state index in [2.05, 4.69) is 20.6 Å². The van der Waals surface area contributed by atoms with E-state index in [0.717, 1.165) is 5.56 Å². The van der Waals surface area contributed by atoms with Crippen LogP contribution in [0, 0.1) is 11.3 Å². The number of furan rings is 1. The number of benzene rings is 1. The Kier molecular flexibility index (Phi) is 4.49. The number of nitrogens with zero attached hydrogens (tertiary/aromatic N) is 3. The maximum Gasteiger partial charge on any atom is 0.291 e. The minimum atomic E-state index is -0.303. The zero-order valence-corrected chi connectivity index (χ0v) is 12.6. The topological polar surface area (TPSA) is 104 Å². The van der Waals surface area contributed by atoms with Crippen LogP contribution >= 0.6 is 0 Å². The zero-order valence-electron chi connectivity index (χ0n) is 12.6. The van der Waals surface area contributed by atoms with Crippen LogP contribution in [0.25, 0.3) is 0 Å². The summed E-state index contributed by atoms with van der Waals surface area (Å²) in [5.41, 5.74) is 1.89. The first-order valence-electron chi connectivity index (χ1n) is 7.14. The maximum absolute atomic E-state index is 12.0. The first-order chi connectivity index (χ1) is 11.7. The third-order valence-corrected chi connectivity index (χ3v) is 3.17. The number of carbonyl (C=O) groups excluding carboxylic acids is 1. The van der Waals surface area contributed by atoms with Gasteiger partial charge in [0.1, 0.15) is 11.9 Å². The van der Waals surface area contributed by atoms with Gasteiger partial charge in [0, 0.05) is 12.2 Å². The normalized spacial score (nSPS) is 9.96. The summed E-state index contributed by atoms with van der Waals surface area (Å²) in [5, 5.41) is 14.6. The van der Waals surface area contributed by atoms with Crippen molar-refractivity contribution in [2.75, 3.05) is 10.6 Å². The lowest BCUT2D eigenvalue weighted by Crippen LogP contribution is -2.11. The number of hydrogen-bond acceptors (Lipinski definition) is 6. The van der Waals surface area contributed by atoms with Gasteiger partial charge in [-0.15, -0.1) is 0 Å². The number of anilines is 2. The first-order valence-corrected chi connectivity index (χ1v) is 7.14. The quantitative estimate of drug-likeness (QED) is 0.749. The molecule has 0 fully saturated rings. The van der Waals surface area contributed by atoms with Gasteiger partial charge in [0.25, 0.3) is 5.91 Å². The van der Waals surface area contributed by atoms with Crippen LogP contribution in [0.1, 0.15) is 21.8 Å². The van der Waals surface area contributed by atoms with Crippen molar-refractivity contribution in [3.63, 3.8) is 0 Å². The fourth-order valence-electron chi connectivity index (χ4n) is 2.03. The summed E-state index contributed by atoms with van der Waals surface area (Å²) >= 11 is 0. The van der Waals surface area contributed by atoms with Gasteiger partial charge in [-0.25, -0.2) is 9.97 Å². The molecule has 24 heavy (non-hydrogen) atoms. The molecule has 0 aliphatic rings. The number of nitriles is 1. The maximum atomic E-state index is 12.0. The second kappa shape index (κ2) is 7.07. The SMILES string of the molecule is N#Cc1cnc(NCc2cccc(NC(=O)c3ccco3)c2)cn1. The minimum Gasteiger partial charge on any atom is -0.459 e. The second-order valence-corrected chi connectivity index (χ2v) is 4.88. The van der Waals surface area contributed by atoms with E-state index in [-0.39, 0.29) is 17.4 Å². The average Bonchev–Trinajstić information content (AvgIpc) is 3.15. The van der Waals surface area contributed by atoms with Crippen LogP contribution in [0.4, 0.5) is 11.5 Å². The van der Waals surface area contributed by atoms with Crippen molar-refractivity contribution in [3.05, 3.63) is 72.1 Å². The average molecular weight is 319 g/mol. The Morgan fingerprint density at radius 2 is 2.12 bits per heavy atom. The summed E-state index contributed by atoms with van der Waals surface area (Å²) in [5.74, 6) is 0.522. The van der Waals surface area contributed by atoms with Crippen molar-refractivity contribution >= 4 is 17.4 Å². The number of hydrogen-bond donors (Lipinski definition) is 2.